The minimum Gasteiger partial charge on any atom is -0.494 e. The van der Waals surface area contributed by atoms with Gasteiger partial charge in [0, 0.05) is 6.07 Å². The zero-order valence-corrected chi connectivity index (χ0v) is 11.4. The summed E-state index contributed by atoms with van der Waals surface area (Å²) in [5.41, 5.74) is 0. The monoisotopic (exact) mass is 254 g/mol. The van der Waals surface area contributed by atoms with E-state index in [-0.39, 0.29) is 0 Å². The van der Waals surface area contributed by atoms with Gasteiger partial charge in [-0.15, -0.1) is 0 Å². The molecule has 0 aliphatic rings. The molecule has 1 aromatic rings. The normalized spacial score (nSPS) is 10.2. The van der Waals surface area contributed by atoms with E-state index in [1.54, 1.807) is 0 Å². The summed E-state index contributed by atoms with van der Waals surface area (Å²) < 4.78 is 11.1. The Morgan fingerprint density at radius 1 is 1.00 bits per heavy atom. The standard InChI is InChI=1S/C14H22O2S/c1-2-15-13-8-7-9-14(12-13)16-10-5-3-4-6-11-17/h7-9,12,17H,2-6,10-11H2,1H3. The molecule has 0 N–H and O–H groups in total. The van der Waals surface area contributed by atoms with Gasteiger partial charge in [0.05, 0.1) is 13.2 Å². The van der Waals surface area contributed by atoms with Crippen molar-refractivity contribution in [3.63, 3.8) is 0 Å². The molecule has 0 atom stereocenters. The molecule has 0 unspecified atom stereocenters. The number of hydrogen-bond donors (Lipinski definition) is 1. The van der Waals surface area contributed by atoms with Gasteiger partial charge in [-0.1, -0.05) is 18.9 Å². The van der Waals surface area contributed by atoms with Crippen LogP contribution in [-0.4, -0.2) is 19.0 Å². The van der Waals surface area contributed by atoms with E-state index >= 15 is 0 Å². The minimum absolute atomic E-state index is 0.688. The Morgan fingerprint density at radius 2 is 1.71 bits per heavy atom. The third kappa shape index (κ3) is 6.47. The maximum absolute atomic E-state index is 5.67. The van der Waals surface area contributed by atoms with Crippen molar-refractivity contribution in [1.29, 1.82) is 0 Å². The number of benzene rings is 1. The van der Waals surface area contributed by atoms with Crippen molar-refractivity contribution >= 4 is 12.6 Å². The van der Waals surface area contributed by atoms with Crippen molar-refractivity contribution in [2.24, 2.45) is 0 Å². The lowest BCUT2D eigenvalue weighted by atomic mass is 10.2. The van der Waals surface area contributed by atoms with E-state index in [1.807, 2.05) is 31.2 Å². The van der Waals surface area contributed by atoms with E-state index in [0.29, 0.717) is 6.61 Å². The Balaban J connectivity index is 2.19. The topological polar surface area (TPSA) is 18.5 Å². The highest BCUT2D eigenvalue weighted by molar-refractivity contribution is 7.80. The van der Waals surface area contributed by atoms with Gasteiger partial charge in [-0.05, 0) is 37.7 Å². The molecule has 0 saturated heterocycles. The van der Waals surface area contributed by atoms with Gasteiger partial charge in [-0.2, -0.15) is 12.6 Å². The summed E-state index contributed by atoms with van der Waals surface area (Å²) in [6, 6.07) is 7.82. The van der Waals surface area contributed by atoms with Crippen LogP contribution in [0.3, 0.4) is 0 Å². The summed E-state index contributed by atoms with van der Waals surface area (Å²) in [6.07, 6.45) is 4.76. The van der Waals surface area contributed by atoms with E-state index in [0.717, 1.165) is 30.3 Å². The first-order valence-corrected chi connectivity index (χ1v) is 6.96. The van der Waals surface area contributed by atoms with Crippen LogP contribution in [0.4, 0.5) is 0 Å². The number of hydrogen-bond acceptors (Lipinski definition) is 3. The summed E-state index contributed by atoms with van der Waals surface area (Å²) in [4.78, 5) is 0. The highest BCUT2D eigenvalue weighted by Crippen LogP contribution is 2.19. The van der Waals surface area contributed by atoms with E-state index in [9.17, 15) is 0 Å². The smallest absolute Gasteiger partial charge is 0.122 e. The summed E-state index contributed by atoms with van der Waals surface area (Å²) in [6.45, 7) is 3.45. The second-order valence-electron chi connectivity index (χ2n) is 3.89. The Bertz CT molecular complexity index is 302. The van der Waals surface area contributed by atoms with Crippen LogP contribution in [0.15, 0.2) is 24.3 Å². The molecule has 0 saturated carbocycles. The molecule has 0 heterocycles. The van der Waals surface area contributed by atoms with Crippen LogP contribution in [-0.2, 0) is 0 Å². The Kier molecular flexibility index (Phi) is 7.72. The van der Waals surface area contributed by atoms with E-state index in [1.165, 1.54) is 19.3 Å². The van der Waals surface area contributed by atoms with Crippen LogP contribution in [0.2, 0.25) is 0 Å². The van der Waals surface area contributed by atoms with Gasteiger partial charge < -0.3 is 9.47 Å². The number of thiol groups is 1. The maximum Gasteiger partial charge on any atom is 0.122 e. The summed E-state index contributed by atoms with van der Waals surface area (Å²) >= 11 is 4.19. The maximum atomic E-state index is 5.67. The SMILES string of the molecule is CCOc1cccc(OCCCCCCS)c1. The van der Waals surface area contributed by atoms with Gasteiger partial charge in [0.2, 0.25) is 0 Å². The van der Waals surface area contributed by atoms with Crippen molar-refractivity contribution in [2.45, 2.75) is 32.6 Å². The first-order valence-electron chi connectivity index (χ1n) is 6.33. The van der Waals surface area contributed by atoms with Crippen LogP contribution < -0.4 is 9.47 Å². The molecule has 0 aromatic heterocycles. The van der Waals surface area contributed by atoms with Crippen molar-refractivity contribution in [3.05, 3.63) is 24.3 Å². The molecule has 96 valence electrons. The second kappa shape index (κ2) is 9.23. The molecule has 0 aliphatic carbocycles. The third-order valence-corrected chi connectivity index (χ3v) is 2.75. The Morgan fingerprint density at radius 3 is 2.41 bits per heavy atom. The molecule has 0 bridgehead atoms. The first kappa shape index (κ1) is 14.2. The molecule has 1 rings (SSSR count). The largest absolute Gasteiger partial charge is 0.494 e. The molecule has 1 aromatic carbocycles. The quantitative estimate of drug-likeness (QED) is 0.531. The fraction of sp³-hybridized carbons (Fsp3) is 0.571. The van der Waals surface area contributed by atoms with Gasteiger partial charge in [0.25, 0.3) is 0 Å². The summed E-state index contributed by atoms with van der Waals surface area (Å²) in [5, 5.41) is 0. The second-order valence-corrected chi connectivity index (χ2v) is 4.34. The van der Waals surface area contributed by atoms with Crippen molar-refractivity contribution < 1.29 is 9.47 Å². The summed E-state index contributed by atoms with van der Waals surface area (Å²) in [7, 11) is 0. The molecule has 0 aliphatic heterocycles. The fourth-order valence-corrected chi connectivity index (χ4v) is 1.80. The molecule has 17 heavy (non-hydrogen) atoms. The van der Waals surface area contributed by atoms with Gasteiger partial charge in [0.1, 0.15) is 11.5 Å². The van der Waals surface area contributed by atoms with Crippen LogP contribution in [0, 0.1) is 0 Å². The van der Waals surface area contributed by atoms with Crippen LogP contribution >= 0.6 is 12.6 Å². The molecule has 0 radical (unpaired) electrons. The van der Waals surface area contributed by atoms with E-state index in [2.05, 4.69) is 12.6 Å². The first-order chi connectivity index (χ1) is 8.36. The van der Waals surface area contributed by atoms with Crippen LogP contribution in [0.25, 0.3) is 0 Å². The fourth-order valence-electron chi connectivity index (χ4n) is 1.58. The number of unbranched alkanes of at least 4 members (excludes halogenated alkanes) is 3. The highest BCUT2D eigenvalue weighted by Gasteiger charge is 1.97. The average Bonchev–Trinajstić information content (AvgIpc) is 2.35. The molecular formula is C14H22O2S. The van der Waals surface area contributed by atoms with Crippen LogP contribution in [0.5, 0.6) is 11.5 Å². The molecule has 2 nitrogen and oxygen atoms in total. The molecule has 0 spiro atoms. The van der Waals surface area contributed by atoms with Gasteiger partial charge in [-0.3, -0.25) is 0 Å². The minimum atomic E-state index is 0.688. The predicted octanol–water partition coefficient (Wildman–Crippen LogP) is 3.95. The van der Waals surface area contributed by atoms with Gasteiger partial charge in [-0.25, -0.2) is 0 Å². The van der Waals surface area contributed by atoms with Crippen molar-refractivity contribution in [1.82, 2.24) is 0 Å². The Labute approximate surface area is 110 Å². The lowest BCUT2D eigenvalue weighted by Gasteiger charge is -2.08. The number of ether oxygens (including phenoxy) is 2. The average molecular weight is 254 g/mol. The predicted molar refractivity (Wildman–Crippen MR) is 75.4 cm³/mol. The molecule has 0 amide bonds. The van der Waals surface area contributed by atoms with E-state index < -0.39 is 0 Å². The molecular weight excluding hydrogens is 232 g/mol. The zero-order valence-electron chi connectivity index (χ0n) is 10.5. The van der Waals surface area contributed by atoms with E-state index in [4.69, 9.17) is 9.47 Å². The summed E-state index contributed by atoms with van der Waals surface area (Å²) in [5.74, 6) is 2.75. The number of rotatable bonds is 9. The van der Waals surface area contributed by atoms with Crippen LogP contribution in [0.1, 0.15) is 32.6 Å². The van der Waals surface area contributed by atoms with Gasteiger partial charge in [0.15, 0.2) is 0 Å². The highest BCUT2D eigenvalue weighted by atomic mass is 32.1. The van der Waals surface area contributed by atoms with Crippen molar-refractivity contribution in [2.75, 3.05) is 19.0 Å². The zero-order chi connectivity index (χ0) is 12.3. The Hall–Kier alpha value is -0.830. The van der Waals surface area contributed by atoms with Crippen molar-refractivity contribution in [3.8, 4) is 11.5 Å². The van der Waals surface area contributed by atoms with Gasteiger partial charge >= 0.3 is 0 Å². The lowest BCUT2D eigenvalue weighted by molar-refractivity contribution is 0.299. The third-order valence-electron chi connectivity index (χ3n) is 2.44. The lowest BCUT2D eigenvalue weighted by Crippen LogP contribution is -1.98. The molecule has 3 heteroatoms. The molecule has 0 fully saturated rings.